The quantitative estimate of drug-likeness (QED) is 0.373. The third kappa shape index (κ3) is 4.82. The van der Waals surface area contributed by atoms with Crippen LogP contribution in [0.2, 0.25) is 0 Å². The number of Topliss-reactive ketones (excluding diaryl/α,β-unsaturated/α-hetero) is 1. The van der Waals surface area contributed by atoms with Crippen LogP contribution in [0.15, 0.2) is 4.52 Å². The van der Waals surface area contributed by atoms with E-state index in [4.69, 9.17) is 19.6 Å². The molecule has 0 amide bonds. The van der Waals surface area contributed by atoms with Crippen LogP contribution in [-0.2, 0) is 16.6 Å². The number of rotatable bonds is 5. The number of piperidine rings is 1. The first-order valence-electron chi connectivity index (χ1n) is 15.9. The fourth-order valence-electron chi connectivity index (χ4n) is 8.30. The van der Waals surface area contributed by atoms with E-state index in [1.807, 2.05) is 16.5 Å². The van der Waals surface area contributed by atoms with Gasteiger partial charge in [0.15, 0.2) is 22.9 Å². The Bertz CT molecular complexity index is 1550. The maximum Gasteiger partial charge on any atom is 0.186 e. The molecular formula is C31H42IN7O4. The first-order chi connectivity index (χ1) is 20.6. The number of likely N-dealkylation sites (tertiary alicyclic amines) is 1. The molecule has 0 bridgehead atoms. The van der Waals surface area contributed by atoms with E-state index in [2.05, 4.69) is 46.6 Å². The Kier molecular flexibility index (Phi) is 7.57. The molecule has 3 aromatic rings. The Morgan fingerprint density at radius 3 is 2.67 bits per heavy atom. The monoisotopic (exact) mass is 703 g/mol. The highest BCUT2D eigenvalue weighted by Gasteiger charge is 2.49. The molecule has 12 heteroatoms. The Balaban J connectivity index is 1.43. The van der Waals surface area contributed by atoms with Crippen LogP contribution in [0.3, 0.4) is 0 Å². The van der Waals surface area contributed by atoms with E-state index in [9.17, 15) is 15.0 Å². The van der Waals surface area contributed by atoms with Gasteiger partial charge in [-0.05, 0) is 108 Å². The van der Waals surface area contributed by atoms with Crippen molar-refractivity contribution in [2.45, 2.75) is 114 Å². The van der Waals surface area contributed by atoms with Crippen molar-refractivity contribution < 1.29 is 19.5 Å². The average molecular weight is 704 g/mol. The summed E-state index contributed by atoms with van der Waals surface area (Å²) in [6.45, 7) is 5.39. The summed E-state index contributed by atoms with van der Waals surface area (Å²) in [6, 6.07) is 0.207. The number of anilines is 1. The number of β-amino-alcohol motifs (C(OH)–C–C–N with tert-alkyl or cyclic N) is 1. The molecule has 3 aromatic heterocycles. The summed E-state index contributed by atoms with van der Waals surface area (Å²) in [4.78, 5) is 28.1. The lowest BCUT2D eigenvalue weighted by Gasteiger charge is -2.43. The van der Waals surface area contributed by atoms with Crippen molar-refractivity contribution in [3.8, 4) is 11.5 Å². The fourth-order valence-corrected chi connectivity index (χ4v) is 9.02. The van der Waals surface area contributed by atoms with E-state index in [1.54, 1.807) is 0 Å². The van der Waals surface area contributed by atoms with Gasteiger partial charge in [0.1, 0.15) is 15.3 Å². The molecule has 5 heterocycles. The van der Waals surface area contributed by atoms with Gasteiger partial charge in [-0.15, -0.1) is 0 Å². The highest BCUT2D eigenvalue weighted by Crippen LogP contribution is 2.48. The summed E-state index contributed by atoms with van der Waals surface area (Å²) >= 11 is 2.27. The lowest BCUT2D eigenvalue weighted by molar-refractivity contribution is -0.128. The van der Waals surface area contributed by atoms with Crippen LogP contribution >= 0.6 is 22.6 Å². The molecular weight excluding hydrogens is 661 g/mol. The van der Waals surface area contributed by atoms with E-state index >= 15 is 0 Å². The predicted molar refractivity (Wildman–Crippen MR) is 170 cm³/mol. The third-order valence-corrected chi connectivity index (χ3v) is 11.5. The maximum atomic E-state index is 13.3. The number of nitrogens with zero attached hydrogens (tertiary/aromatic N) is 7. The molecule has 1 unspecified atom stereocenters. The molecule has 0 aromatic carbocycles. The highest BCUT2D eigenvalue weighted by molar-refractivity contribution is 14.1. The predicted octanol–water partition coefficient (Wildman–Crippen LogP) is 4.17. The number of carbonyl (C=O) groups is 1. The number of aliphatic hydroxyl groups is 2. The van der Waals surface area contributed by atoms with Gasteiger partial charge in [-0.2, -0.15) is 5.10 Å². The Labute approximate surface area is 265 Å². The van der Waals surface area contributed by atoms with Crippen molar-refractivity contribution in [3.05, 3.63) is 15.0 Å². The van der Waals surface area contributed by atoms with Crippen LogP contribution < -0.4 is 4.90 Å². The molecule has 11 nitrogen and oxygen atoms in total. The minimum Gasteiger partial charge on any atom is -0.394 e. The molecule has 1 saturated carbocycles. The molecule has 1 spiro atoms. The van der Waals surface area contributed by atoms with E-state index in [1.165, 1.54) is 0 Å². The number of hydrogen-bond donors (Lipinski definition) is 2. The smallest absolute Gasteiger partial charge is 0.186 e. The summed E-state index contributed by atoms with van der Waals surface area (Å²) in [5.74, 6) is 2.07. The zero-order valence-electron chi connectivity index (χ0n) is 25.4. The molecule has 2 aliphatic carbocycles. The lowest BCUT2D eigenvalue weighted by Crippen LogP contribution is -2.53. The van der Waals surface area contributed by atoms with Gasteiger partial charge in [-0.3, -0.25) is 4.79 Å². The molecule has 3 fully saturated rings. The van der Waals surface area contributed by atoms with Crippen LogP contribution in [0.5, 0.6) is 0 Å². The van der Waals surface area contributed by atoms with Crippen LogP contribution in [0.4, 0.5) is 5.82 Å². The highest BCUT2D eigenvalue weighted by atomic mass is 127. The van der Waals surface area contributed by atoms with Crippen molar-refractivity contribution in [1.29, 1.82) is 0 Å². The molecule has 0 radical (unpaired) electrons. The minimum absolute atomic E-state index is 0.0467. The van der Waals surface area contributed by atoms with Crippen LogP contribution in [0.25, 0.3) is 22.6 Å². The molecule has 5 atom stereocenters. The van der Waals surface area contributed by atoms with Gasteiger partial charge in [0.05, 0.1) is 35.1 Å². The summed E-state index contributed by atoms with van der Waals surface area (Å²) < 4.78 is 8.91. The Hall–Kier alpha value is -2.16. The number of ketones is 1. The van der Waals surface area contributed by atoms with Crippen molar-refractivity contribution in [2.75, 3.05) is 31.6 Å². The Morgan fingerprint density at radius 2 is 1.93 bits per heavy atom. The normalized spacial score (nSPS) is 30.8. The van der Waals surface area contributed by atoms with Gasteiger partial charge in [0.2, 0.25) is 0 Å². The third-order valence-electron chi connectivity index (χ3n) is 10.7. The Morgan fingerprint density at radius 1 is 1.12 bits per heavy atom. The van der Waals surface area contributed by atoms with E-state index in [0.717, 1.165) is 78.2 Å². The number of hydrogen-bond acceptors (Lipinski definition) is 10. The molecule has 2 saturated heterocycles. The van der Waals surface area contributed by atoms with Gasteiger partial charge < -0.3 is 24.5 Å². The van der Waals surface area contributed by atoms with Gasteiger partial charge in [0, 0.05) is 24.6 Å². The van der Waals surface area contributed by atoms with E-state index in [0.29, 0.717) is 54.9 Å². The summed E-state index contributed by atoms with van der Waals surface area (Å²) in [5.41, 5.74) is 0.741. The zero-order chi connectivity index (χ0) is 30.1. The maximum absolute atomic E-state index is 13.3. The molecule has 43 heavy (non-hydrogen) atoms. The molecule has 7 rings (SSSR count). The van der Waals surface area contributed by atoms with Crippen LogP contribution in [0.1, 0.15) is 95.4 Å². The van der Waals surface area contributed by atoms with Crippen molar-refractivity contribution in [3.63, 3.8) is 0 Å². The first kappa shape index (κ1) is 29.5. The largest absolute Gasteiger partial charge is 0.394 e. The van der Waals surface area contributed by atoms with Crippen molar-refractivity contribution in [2.24, 2.45) is 0 Å². The van der Waals surface area contributed by atoms with Crippen molar-refractivity contribution >= 4 is 45.2 Å². The standard InChI is InChI=1S/C31H42IN7O4/c1-18(21-9-7-15-37(21)3)39-29-23(26(32)35-39)28(38-17-30(2,42)14-11-19(38)16-40)33-27(34-29)24-20-8-6-13-31(25(20)43-36-24)12-5-4-10-22(31)41/h18-19,21,40,42H,4-17H2,1-3H3/t18-,19+,21-,30?,31+/m0/s1. The fraction of sp³-hybridized carbons (Fsp3) is 0.710. The number of halogens is 1. The number of likely N-dealkylation sites (N-methyl/N-ethyl adjacent to an activating group) is 1. The molecule has 2 aliphatic heterocycles. The first-order valence-corrected chi connectivity index (χ1v) is 17.0. The van der Waals surface area contributed by atoms with E-state index in [-0.39, 0.29) is 24.5 Å². The number of aromatic nitrogens is 5. The summed E-state index contributed by atoms with van der Waals surface area (Å²) in [6.07, 6.45) is 9.28. The van der Waals surface area contributed by atoms with Gasteiger partial charge in [-0.1, -0.05) is 11.6 Å². The average Bonchev–Trinajstić information content (AvgIpc) is 3.71. The van der Waals surface area contributed by atoms with E-state index < -0.39 is 11.0 Å². The molecule has 232 valence electrons. The second-order valence-corrected chi connectivity index (χ2v) is 14.7. The zero-order valence-corrected chi connectivity index (χ0v) is 27.5. The lowest BCUT2D eigenvalue weighted by atomic mass is 9.64. The minimum atomic E-state index is -0.925. The molecule has 4 aliphatic rings. The summed E-state index contributed by atoms with van der Waals surface area (Å²) in [7, 11) is 2.17. The van der Waals surface area contributed by atoms with Gasteiger partial charge in [-0.25, -0.2) is 14.6 Å². The van der Waals surface area contributed by atoms with Gasteiger partial charge >= 0.3 is 0 Å². The number of carbonyl (C=O) groups excluding carboxylic acids is 1. The number of fused-ring (bicyclic) bond motifs is 3. The summed E-state index contributed by atoms with van der Waals surface area (Å²) in [5, 5.41) is 32.0. The molecule has 2 N–H and O–H groups in total. The second kappa shape index (κ2) is 11.0. The second-order valence-electron chi connectivity index (χ2n) is 13.6. The SMILES string of the molecule is C[C@@H]([C@@H]1CCCN1C)n1nc(I)c2c(N3CC(C)(O)CC[C@@H]3CO)nc(-c3noc4c3CCC[C@@]43CCCCC3=O)nc21. The van der Waals surface area contributed by atoms with Crippen LogP contribution in [-0.4, -0.2) is 90.2 Å². The topological polar surface area (TPSA) is 134 Å². The van der Waals surface area contributed by atoms with Crippen LogP contribution in [0, 0.1) is 3.70 Å². The number of aliphatic hydroxyl groups excluding tert-OH is 1. The van der Waals surface area contributed by atoms with Crippen molar-refractivity contribution in [1.82, 2.24) is 29.8 Å². The van der Waals surface area contributed by atoms with Gasteiger partial charge in [0.25, 0.3) is 0 Å².